The SMILES string of the molecule is C[C@@H]1CC2C3C[C@H](F)C4=CC(=O)C=C[C@]4(C)C3C(O)C[C@]2(C)[C@@]1(O)C(=O)COC(=O)[C@@H]1CCC(=O)N1. The van der Waals surface area contributed by atoms with E-state index in [9.17, 15) is 29.4 Å². The number of hydrogen-bond acceptors (Lipinski definition) is 7. The highest BCUT2D eigenvalue weighted by atomic mass is 19.1. The van der Waals surface area contributed by atoms with Crippen molar-refractivity contribution >= 4 is 23.4 Å². The Labute approximate surface area is 209 Å². The number of ketones is 2. The molecule has 3 saturated carbocycles. The molecule has 3 N–H and O–H groups in total. The van der Waals surface area contributed by atoms with Crippen LogP contribution in [0, 0.1) is 34.5 Å². The highest BCUT2D eigenvalue weighted by Gasteiger charge is 2.71. The molecule has 10 atom stereocenters. The molecule has 1 aliphatic heterocycles. The Morgan fingerprint density at radius 3 is 2.64 bits per heavy atom. The van der Waals surface area contributed by atoms with Gasteiger partial charge in [0.2, 0.25) is 11.7 Å². The fourth-order valence-corrected chi connectivity index (χ4v) is 8.40. The Morgan fingerprint density at radius 2 is 1.97 bits per heavy atom. The maximum atomic E-state index is 15.5. The number of ether oxygens (including phenoxy) is 1. The van der Waals surface area contributed by atoms with Crippen LogP contribution < -0.4 is 5.32 Å². The first-order chi connectivity index (χ1) is 16.8. The lowest BCUT2D eigenvalue weighted by Gasteiger charge is -2.60. The van der Waals surface area contributed by atoms with Crippen molar-refractivity contribution < 1.29 is 38.5 Å². The minimum absolute atomic E-state index is 0.109. The first kappa shape index (κ1) is 25.3. The molecule has 1 amide bonds. The molecule has 1 saturated heterocycles. The number of carbonyl (C=O) groups excluding carboxylic acids is 4. The van der Waals surface area contributed by atoms with Gasteiger partial charge in [0.25, 0.3) is 0 Å². The second-order valence-corrected chi connectivity index (χ2v) is 11.9. The summed E-state index contributed by atoms with van der Waals surface area (Å²) in [6.07, 6.45) is 3.39. The number of aliphatic hydroxyl groups excluding tert-OH is 1. The average molecular weight is 504 g/mol. The summed E-state index contributed by atoms with van der Waals surface area (Å²) < 4.78 is 20.7. The number of fused-ring (bicyclic) bond motifs is 5. The van der Waals surface area contributed by atoms with Crippen LogP contribution in [0.5, 0.6) is 0 Å². The van der Waals surface area contributed by atoms with Crippen LogP contribution in [-0.4, -0.2) is 64.2 Å². The zero-order chi connectivity index (χ0) is 26.2. The maximum absolute atomic E-state index is 15.5. The van der Waals surface area contributed by atoms with Gasteiger partial charge in [-0.15, -0.1) is 0 Å². The lowest BCUT2D eigenvalue weighted by Crippen LogP contribution is -2.63. The van der Waals surface area contributed by atoms with E-state index in [0.29, 0.717) is 18.4 Å². The smallest absolute Gasteiger partial charge is 0.329 e. The highest BCUT2D eigenvalue weighted by Crippen LogP contribution is 2.68. The van der Waals surface area contributed by atoms with Crippen LogP contribution in [0.25, 0.3) is 0 Å². The van der Waals surface area contributed by atoms with Crippen LogP contribution in [0.2, 0.25) is 0 Å². The summed E-state index contributed by atoms with van der Waals surface area (Å²) in [5.74, 6) is -3.29. The second-order valence-electron chi connectivity index (χ2n) is 11.9. The van der Waals surface area contributed by atoms with Gasteiger partial charge in [0.1, 0.15) is 17.8 Å². The van der Waals surface area contributed by atoms with Crippen LogP contribution >= 0.6 is 0 Å². The van der Waals surface area contributed by atoms with Gasteiger partial charge in [-0.1, -0.05) is 26.8 Å². The van der Waals surface area contributed by atoms with E-state index in [1.165, 1.54) is 12.2 Å². The van der Waals surface area contributed by atoms with Crippen molar-refractivity contribution in [2.24, 2.45) is 34.5 Å². The van der Waals surface area contributed by atoms with Gasteiger partial charge < -0.3 is 20.3 Å². The van der Waals surface area contributed by atoms with Gasteiger partial charge >= 0.3 is 5.97 Å². The van der Waals surface area contributed by atoms with Crippen LogP contribution in [0.1, 0.15) is 52.9 Å². The zero-order valence-electron chi connectivity index (χ0n) is 20.8. The predicted octanol–water partition coefficient (Wildman–Crippen LogP) is 1.58. The quantitative estimate of drug-likeness (QED) is 0.497. The first-order valence-corrected chi connectivity index (χ1v) is 12.8. The topological polar surface area (TPSA) is 130 Å². The van der Waals surface area contributed by atoms with Crippen LogP contribution in [-0.2, 0) is 23.9 Å². The fourth-order valence-electron chi connectivity index (χ4n) is 8.40. The Hall–Kier alpha value is -2.39. The van der Waals surface area contributed by atoms with Crippen LogP contribution in [0.4, 0.5) is 4.39 Å². The minimum atomic E-state index is -1.87. The molecule has 36 heavy (non-hydrogen) atoms. The lowest BCUT2D eigenvalue weighted by molar-refractivity contribution is -0.188. The summed E-state index contributed by atoms with van der Waals surface area (Å²) in [6, 6.07) is -0.802. The molecule has 1 heterocycles. The van der Waals surface area contributed by atoms with Gasteiger partial charge in [0.15, 0.2) is 12.4 Å². The molecular weight excluding hydrogens is 469 g/mol. The number of carbonyl (C=O) groups is 4. The molecule has 0 radical (unpaired) electrons. The number of rotatable bonds is 4. The van der Waals surface area contributed by atoms with Gasteiger partial charge in [-0.25, -0.2) is 9.18 Å². The summed E-state index contributed by atoms with van der Waals surface area (Å²) in [7, 11) is 0. The van der Waals surface area contributed by atoms with Gasteiger partial charge in [-0.2, -0.15) is 0 Å². The largest absolute Gasteiger partial charge is 0.456 e. The molecule has 9 heteroatoms. The van der Waals surface area contributed by atoms with E-state index in [2.05, 4.69) is 5.32 Å². The van der Waals surface area contributed by atoms with Crippen molar-refractivity contribution in [2.75, 3.05) is 6.61 Å². The fraction of sp³-hybridized carbons (Fsp3) is 0.704. The number of alkyl halides is 1. The molecule has 4 unspecified atom stereocenters. The maximum Gasteiger partial charge on any atom is 0.329 e. The molecule has 196 valence electrons. The molecule has 5 rings (SSSR count). The summed E-state index contributed by atoms with van der Waals surface area (Å²) in [6.45, 7) is 4.76. The van der Waals surface area contributed by atoms with Gasteiger partial charge in [0.05, 0.1) is 6.10 Å². The van der Waals surface area contributed by atoms with E-state index in [0.717, 1.165) is 0 Å². The van der Waals surface area contributed by atoms with Crippen molar-refractivity contribution in [3.63, 3.8) is 0 Å². The molecule has 0 aromatic rings. The Bertz CT molecular complexity index is 1090. The van der Waals surface area contributed by atoms with Crippen molar-refractivity contribution in [1.82, 2.24) is 5.32 Å². The normalized spacial score (nSPS) is 47.4. The summed E-state index contributed by atoms with van der Waals surface area (Å²) in [5, 5.41) is 25.9. The average Bonchev–Trinajstić information content (AvgIpc) is 3.33. The lowest BCUT2D eigenvalue weighted by atomic mass is 9.46. The zero-order valence-corrected chi connectivity index (χ0v) is 20.8. The van der Waals surface area contributed by atoms with E-state index in [4.69, 9.17) is 4.74 Å². The number of allylic oxidation sites excluding steroid dienone is 4. The van der Waals surface area contributed by atoms with Crippen molar-refractivity contribution in [3.8, 4) is 0 Å². The summed E-state index contributed by atoms with van der Waals surface area (Å²) >= 11 is 0. The number of hydrogen-bond donors (Lipinski definition) is 3. The van der Waals surface area contributed by atoms with Gasteiger partial charge in [-0.05, 0) is 61.2 Å². The van der Waals surface area contributed by atoms with Crippen molar-refractivity contribution in [1.29, 1.82) is 0 Å². The number of halogens is 1. The Balaban J connectivity index is 1.41. The highest BCUT2D eigenvalue weighted by molar-refractivity contribution is 6.01. The van der Waals surface area contributed by atoms with E-state index < -0.39 is 59.0 Å². The van der Waals surface area contributed by atoms with Crippen molar-refractivity contribution in [2.45, 2.75) is 76.8 Å². The van der Waals surface area contributed by atoms with Crippen molar-refractivity contribution in [3.05, 3.63) is 23.8 Å². The van der Waals surface area contributed by atoms with E-state index >= 15 is 4.39 Å². The monoisotopic (exact) mass is 503 g/mol. The summed E-state index contributed by atoms with van der Waals surface area (Å²) in [5.41, 5.74) is -3.36. The first-order valence-electron chi connectivity index (χ1n) is 12.8. The molecule has 0 spiro atoms. The number of amides is 1. The number of esters is 1. The Kier molecular flexibility index (Phi) is 5.83. The van der Waals surface area contributed by atoms with Gasteiger partial charge in [0, 0.05) is 23.2 Å². The Morgan fingerprint density at radius 1 is 1.25 bits per heavy atom. The molecule has 4 aliphatic carbocycles. The third kappa shape index (κ3) is 3.38. The molecule has 4 fully saturated rings. The standard InChI is InChI=1S/C27H34FNO7/c1-13-8-16-15-10-18(28)17-9-14(30)6-7-25(17,2)23(15)20(31)11-26(16,3)27(13,35)21(32)12-36-24(34)19-4-5-22(33)29-19/h6-7,9,13,15-16,18-20,23,31,35H,4-5,8,10-12H2,1-3H3,(H,29,33)/t13-,15?,16?,18+,19+,20?,23?,25+,26+,27+/m1/s1. The molecule has 0 aromatic heterocycles. The molecule has 5 aliphatic rings. The van der Waals surface area contributed by atoms with Crippen LogP contribution in [0.3, 0.4) is 0 Å². The molecular formula is C27H34FNO7. The van der Waals surface area contributed by atoms with E-state index in [-0.39, 0.29) is 48.7 Å². The molecule has 0 bridgehead atoms. The van der Waals surface area contributed by atoms with E-state index in [1.54, 1.807) is 19.9 Å². The number of aliphatic hydroxyl groups is 2. The molecule has 8 nitrogen and oxygen atoms in total. The molecule has 0 aromatic carbocycles. The second kappa shape index (κ2) is 8.31. The van der Waals surface area contributed by atoms with E-state index in [1.807, 2.05) is 6.92 Å². The predicted molar refractivity (Wildman–Crippen MR) is 125 cm³/mol. The third-order valence-corrected chi connectivity index (χ3v) is 10.1. The minimum Gasteiger partial charge on any atom is -0.456 e. The number of Topliss-reactive ketones (excluding diaryl/α,β-unsaturated/α-hetero) is 1. The third-order valence-electron chi connectivity index (χ3n) is 10.1. The van der Waals surface area contributed by atoms with Gasteiger partial charge in [-0.3, -0.25) is 14.4 Å². The number of nitrogens with one attached hydrogen (secondary N) is 1. The van der Waals surface area contributed by atoms with Crippen LogP contribution in [0.15, 0.2) is 23.8 Å². The summed E-state index contributed by atoms with van der Waals surface area (Å²) in [4.78, 5) is 49.2.